The molecule has 142 valence electrons. The van der Waals surface area contributed by atoms with E-state index < -0.39 is 0 Å². The summed E-state index contributed by atoms with van der Waals surface area (Å²) in [6.45, 7) is 1.71. The number of carbonyl (C=O) groups excluding carboxylic acids is 2. The van der Waals surface area contributed by atoms with Crippen molar-refractivity contribution in [3.8, 4) is 17.2 Å². The second-order valence-electron chi connectivity index (χ2n) is 6.01. The minimum absolute atomic E-state index is 0.0248. The molecule has 28 heavy (non-hydrogen) atoms. The highest BCUT2D eigenvalue weighted by Gasteiger charge is 2.08. The average Bonchev–Trinajstić information content (AvgIpc) is 3.20. The molecule has 0 amide bonds. The second-order valence-corrected chi connectivity index (χ2v) is 6.01. The normalized spacial score (nSPS) is 10.8. The smallest absolute Gasteiger partial charge is 0.161 e. The van der Waals surface area contributed by atoms with Gasteiger partial charge in [0.15, 0.2) is 17.3 Å². The topological polar surface area (TPSA) is 83.3 Å². The van der Waals surface area contributed by atoms with Gasteiger partial charge >= 0.3 is 0 Å². The Morgan fingerprint density at radius 3 is 2.54 bits per heavy atom. The Morgan fingerprint density at radius 2 is 1.86 bits per heavy atom. The molecule has 0 saturated carbocycles. The molecule has 0 bridgehead atoms. The predicted molar refractivity (Wildman–Crippen MR) is 104 cm³/mol. The number of aldehydes is 1. The van der Waals surface area contributed by atoms with Crippen molar-refractivity contribution in [3.05, 3.63) is 71.6 Å². The van der Waals surface area contributed by atoms with Crippen molar-refractivity contribution in [2.24, 2.45) is 0 Å². The zero-order valence-electron chi connectivity index (χ0n) is 15.5. The number of rotatable bonds is 8. The summed E-state index contributed by atoms with van der Waals surface area (Å²) in [4.78, 5) is 21.8. The Hall–Kier alpha value is -3.74. The fraction of sp³-hybridized carbons (Fsp3) is 0.143. The number of hydrogen-bond donors (Lipinski definition) is 0. The van der Waals surface area contributed by atoms with Gasteiger partial charge in [0, 0.05) is 5.56 Å². The zero-order chi connectivity index (χ0) is 19.9. The largest absolute Gasteiger partial charge is 0.493 e. The van der Waals surface area contributed by atoms with Crippen LogP contribution in [-0.2, 0) is 11.4 Å². The van der Waals surface area contributed by atoms with Gasteiger partial charge in [-0.2, -0.15) is 0 Å². The number of benzene rings is 2. The molecule has 1 heterocycles. The molecular weight excluding hydrogens is 358 g/mol. The first kappa shape index (κ1) is 19.0. The summed E-state index contributed by atoms with van der Waals surface area (Å²) >= 11 is 0. The van der Waals surface area contributed by atoms with E-state index in [-0.39, 0.29) is 12.4 Å². The van der Waals surface area contributed by atoms with E-state index in [4.69, 9.17) is 9.47 Å². The lowest BCUT2D eigenvalue weighted by molar-refractivity contribution is -0.112. The maximum atomic E-state index is 11.1. The maximum Gasteiger partial charge on any atom is 0.161 e. The van der Waals surface area contributed by atoms with Crippen LogP contribution in [0.15, 0.2) is 54.7 Å². The van der Waals surface area contributed by atoms with Crippen LogP contribution in [-0.4, -0.2) is 34.2 Å². The summed E-state index contributed by atoms with van der Waals surface area (Å²) in [6, 6.07) is 12.4. The number of nitrogens with zero attached hydrogens (tertiary/aromatic N) is 3. The highest BCUT2D eigenvalue weighted by Crippen LogP contribution is 2.29. The third-order valence-corrected chi connectivity index (χ3v) is 3.91. The van der Waals surface area contributed by atoms with E-state index in [2.05, 4.69) is 10.3 Å². The minimum Gasteiger partial charge on any atom is -0.493 e. The van der Waals surface area contributed by atoms with Crippen molar-refractivity contribution in [3.63, 3.8) is 0 Å². The van der Waals surface area contributed by atoms with E-state index in [9.17, 15) is 9.59 Å². The number of ketones is 1. The Labute approximate surface area is 162 Å². The minimum atomic E-state index is -0.0248. The third-order valence-electron chi connectivity index (χ3n) is 3.91. The van der Waals surface area contributed by atoms with Gasteiger partial charge in [0.05, 0.1) is 19.0 Å². The summed E-state index contributed by atoms with van der Waals surface area (Å²) in [5, 5.41) is 8.18. The second kappa shape index (κ2) is 8.77. The highest BCUT2D eigenvalue weighted by atomic mass is 16.5. The summed E-state index contributed by atoms with van der Waals surface area (Å²) in [5.41, 5.74) is 2.87. The van der Waals surface area contributed by atoms with Crippen LogP contribution in [0.1, 0.15) is 28.5 Å². The molecule has 0 spiro atoms. The summed E-state index contributed by atoms with van der Waals surface area (Å²) in [7, 11) is 1.56. The SMILES string of the molecule is COc1cc(/C=C/C(C)=O)ccc1OCc1cn(-c2ccc(C=O)cc2)nn1. The molecule has 7 heteroatoms. The molecule has 0 aliphatic rings. The number of methoxy groups -OCH3 is 1. The van der Waals surface area contributed by atoms with Crippen LogP contribution in [0.25, 0.3) is 11.8 Å². The number of hydrogen-bond acceptors (Lipinski definition) is 6. The lowest BCUT2D eigenvalue weighted by atomic mass is 10.1. The first-order chi connectivity index (χ1) is 13.6. The van der Waals surface area contributed by atoms with Gasteiger partial charge < -0.3 is 9.47 Å². The molecule has 1 aromatic heterocycles. The van der Waals surface area contributed by atoms with Crippen LogP contribution < -0.4 is 9.47 Å². The standard InChI is InChI=1S/C21H19N3O4/c1-15(26)3-4-16-7-10-20(21(11-16)27-2)28-14-18-12-24(23-22-18)19-8-5-17(13-25)6-9-19/h3-13H,14H2,1-2H3/b4-3+. The van der Waals surface area contributed by atoms with Crippen LogP contribution in [0.4, 0.5) is 0 Å². The molecule has 0 radical (unpaired) electrons. The number of ether oxygens (including phenoxy) is 2. The van der Waals surface area contributed by atoms with Gasteiger partial charge in [-0.05, 0) is 55.0 Å². The van der Waals surface area contributed by atoms with E-state index in [0.29, 0.717) is 22.8 Å². The Morgan fingerprint density at radius 1 is 1.11 bits per heavy atom. The fourth-order valence-electron chi connectivity index (χ4n) is 2.47. The molecule has 7 nitrogen and oxygen atoms in total. The van der Waals surface area contributed by atoms with Crippen molar-refractivity contribution < 1.29 is 19.1 Å². The van der Waals surface area contributed by atoms with E-state index in [1.54, 1.807) is 60.5 Å². The van der Waals surface area contributed by atoms with Crippen LogP contribution in [0.2, 0.25) is 0 Å². The Balaban J connectivity index is 1.69. The number of carbonyl (C=O) groups is 2. The van der Waals surface area contributed by atoms with Gasteiger partial charge in [0.25, 0.3) is 0 Å². The zero-order valence-corrected chi connectivity index (χ0v) is 15.5. The lowest BCUT2D eigenvalue weighted by Gasteiger charge is -2.10. The molecule has 0 unspecified atom stereocenters. The van der Waals surface area contributed by atoms with E-state index in [1.807, 2.05) is 6.07 Å². The molecule has 3 aromatic rings. The molecule has 0 aliphatic carbocycles. The van der Waals surface area contributed by atoms with E-state index in [1.165, 1.54) is 13.0 Å². The molecule has 3 rings (SSSR count). The summed E-state index contributed by atoms with van der Waals surface area (Å²) in [6.07, 6.45) is 5.76. The van der Waals surface area contributed by atoms with Crippen molar-refractivity contribution in [2.75, 3.05) is 7.11 Å². The Kier molecular flexibility index (Phi) is 5.96. The molecule has 0 fully saturated rings. The molecule has 0 aliphatic heterocycles. The third kappa shape index (κ3) is 4.70. The van der Waals surface area contributed by atoms with Gasteiger partial charge in [-0.25, -0.2) is 4.68 Å². The van der Waals surface area contributed by atoms with Crippen molar-refractivity contribution in [1.82, 2.24) is 15.0 Å². The van der Waals surface area contributed by atoms with Crippen LogP contribution in [0.3, 0.4) is 0 Å². The fourth-order valence-corrected chi connectivity index (χ4v) is 2.47. The van der Waals surface area contributed by atoms with Gasteiger partial charge in [-0.3, -0.25) is 9.59 Å². The van der Waals surface area contributed by atoms with Gasteiger partial charge in [0.1, 0.15) is 18.6 Å². The summed E-state index contributed by atoms with van der Waals surface area (Å²) < 4.78 is 12.8. The predicted octanol–water partition coefficient (Wildman–Crippen LogP) is 3.27. The molecular formula is C21H19N3O4. The average molecular weight is 377 g/mol. The van der Waals surface area contributed by atoms with Crippen LogP contribution in [0.5, 0.6) is 11.5 Å². The van der Waals surface area contributed by atoms with Crippen molar-refractivity contribution in [2.45, 2.75) is 13.5 Å². The van der Waals surface area contributed by atoms with Gasteiger partial charge in [-0.15, -0.1) is 5.10 Å². The monoisotopic (exact) mass is 377 g/mol. The van der Waals surface area contributed by atoms with E-state index in [0.717, 1.165) is 17.5 Å². The van der Waals surface area contributed by atoms with Gasteiger partial charge in [0.2, 0.25) is 0 Å². The van der Waals surface area contributed by atoms with Gasteiger partial charge in [-0.1, -0.05) is 17.4 Å². The first-order valence-electron chi connectivity index (χ1n) is 8.55. The molecule has 0 saturated heterocycles. The van der Waals surface area contributed by atoms with Crippen LogP contribution >= 0.6 is 0 Å². The first-order valence-corrected chi connectivity index (χ1v) is 8.55. The molecule has 2 aromatic carbocycles. The van der Waals surface area contributed by atoms with Crippen molar-refractivity contribution >= 4 is 18.1 Å². The van der Waals surface area contributed by atoms with Crippen molar-refractivity contribution in [1.29, 1.82) is 0 Å². The Bertz CT molecular complexity index is 1010. The van der Waals surface area contributed by atoms with Crippen LogP contribution in [0, 0.1) is 0 Å². The number of allylic oxidation sites excluding steroid dienone is 1. The maximum absolute atomic E-state index is 11.1. The highest BCUT2D eigenvalue weighted by molar-refractivity contribution is 5.91. The number of aromatic nitrogens is 3. The lowest BCUT2D eigenvalue weighted by Crippen LogP contribution is -1.98. The molecule has 0 atom stereocenters. The summed E-state index contributed by atoms with van der Waals surface area (Å²) in [5.74, 6) is 1.10. The molecule has 0 N–H and O–H groups in total. The quantitative estimate of drug-likeness (QED) is 0.443. The van der Waals surface area contributed by atoms with E-state index >= 15 is 0 Å².